The molecule has 8 atom stereocenters. The second-order valence-corrected chi connectivity index (χ2v) is 30.5. The first-order valence-corrected chi connectivity index (χ1v) is 34.3. The lowest BCUT2D eigenvalue weighted by molar-refractivity contribution is -0.152. The van der Waals surface area contributed by atoms with Crippen LogP contribution < -0.4 is 58.5 Å². The molecule has 0 aliphatic heterocycles. The largest absolute Gasteiger partial charge is 0.464 e. The first-order chi connectivity index (χ1) is 45.2. The van der Waals surface area contributed by atoms with Crippen molar-refractivity contribution in [2.24, 2.45) is 35.5 Å². The number of hydrogen-bond donors (Lipinski definition) is 11. The zero-order chi connectivity index (χ0) is 74.8. The van der Waals surface area contributed by atoms with Crippen LogP contribution in [-0.4, -0.2) is 158 Å². The number of hydrogen-bond acceptors (Lipinski definition) is 16. The summed E-state index contributed by atoms with van der Waals surface area (Å²) in [7, 11) is 0. The van der Waals surface area contributed by atoms with Gasteiger partial charge in [-0.3, -0.25) is 57.9 Å². The Kier molecular flexibility index (Phi) is 34.5. The molecule has 11 amide bonds. The minimum absolute atomic E-state index is 0.0441. The van der Waals surface area contributed by atoms with Crippen molar-refractivity contribution in [3.8, 4) is 0 Å². The summed E-state index contributed by atoms with van der Waals surface area (Å²) in [6.45, 7) is 37.6. The number of alkyl carbamates (subject to hydrolysis) is 1. The van der Waals surface area contributed by atoms with Gasteiger partial charge < -0.3 is 68.0 Å². The van der Waals surface area contributed by atoms with Crippen LogP contribution in [0.5, 0.6) is 0 Å². The molecule has 2 rings (SSSR count). The molecule has 2 aromatic heterocycles. The maximum absolute atomic E-state index is 14.7. The summed E-state index contributed by atoms with van der Waals surface area (Å²) in [5.41, 5.74) is -4.68. The highest BCUT2D eigenvalue weighted by Gasteiger charge is 2.41. The predicted octanol–water partition coefficient (Wildman–Crippen LogP) is 5.07. The van der Waals surface area contributed by atoms with Crippen LogP contribution >= 0.6 is 0 Å². The third kappa shape index (κ3) is 31.5. The molecule has 550 valence electrons. The quantitative estimate of drug-likeness (QED) is 0.0389. The van der Waals surface area contributed by atoms with Gasteiger partial charge in [-0.2, -0.15) is 0 Å². The number of amides is 11. The van der Waals surface area contributed by atoms with Gasteiger partial charge in [-0.05, 0) is 167 Å². The van der Waals surface area contributed by atoms with Crippen molar-refractivity contribution in [2.45, 2.75) is 274 Å². The molecule has 0 fully saturated rings. The molecule has 98 heavy (non-hydrogen) atoms. The third-order valence-electron chi connectivity index (χ3n) is 15.2. The monoisotopic (exact) mass is 1380 g/mol. The van der Waals surface area contributed by atoms with E-state index in [9.17, 15) is 57.5 Å². The van der Waals surface area contributed by atoms with Crippen molar-refractivity contribution in [3.05, 3.63) is 60.2 Å². The second kappa shape index (κ2) is 39.4. The summed E-state index contributed by atoms with van der Waals surface area (Å²) in [6, 6.07) is -3.23. The van der Waals surface area contributed by atoms with Crippen LogP contribution in [0.3, 0.4) is 0 Å². The Morgan fingerprint density at radius 2 is 0.633 bits per heavy atom. The van der Waals surface area contributed by atoms with Crippen LogP contribution in [-0.2, 0) is 75.1 Å². The Morgan fingerprint density at radius 1 is 0.367 bits per heavy atom. The molecule has 0 aliphatic carbocycles. The summed E-state index contributed by atoms with van der Waals surface area (Å²) in [6.07, 6.45) is 5.82. The Labute approximate surface area is 580 Å². The number of pyridine rings is 2. The number of rotatable bonds is 39. The van der Waals surface area contributed by atoms with E-state index in [-0.39, 0.29) is 93.5 Å². The Morgan fingerprint density at radius 3 is 0.939 bits per heavy atom. The van der Waals surface area contributed by atoms with Crippen LogP contribution in [0.1, 0.15) is 202 Å². The minimum atomic E-state index is -1.74. The third-order valence-corrected chi connectivity index (χ3v) is 15.2. The molecule has 0 aliphatic rings. The van der Waals surface area contributed by atoms with Crippen molar-refractivity contribution in [3.63, 3.8) is 0 Å². The fraction of sp³-hybridized carbons (Fsp3) is 0.690. The molecule has 27 heteroatoms. The first kappa shape index (κ1) is 85.8. The van der Waals surface area contributed by atoms with E-state index >= 15 is 0 Å². The summed E-state index contributed by atoms with van der Waals surface area (Å²) in [5, 5.41) is 30.3. The number of ether oxygens (including phenoxy) is 2. The zero-order valence-electron chi connectivity index (χ0n) is 62.2. The van der Waals surface area contributed by atoms with E-state index in [0.29, 0.717) is 11.1 Å². The van der Waals surface area contributed by atoms with Crippen LogP contribution in [0.2, 0.25) is 0 Å². The molecule has 0 aromatic carbocycles. The van der Waals surface area contributed by atoms with Crippen molar-refractivity contribution < 1.29 is 67.0 Å². The topological polar surface area (TPSA) is 381 Å². The van der Waals surface area contributed by atoms with E-state index in [4.69, 9.17) is 9.47 Å². The highest BCUT2D eigenvalue weighted by molar-refractivity contribution is 6.00. The number of nitrogens with one attached hydrogen (secondary N) is 11. The van der Waals surface area contributed by atoms with Crippen LogP contribution in [0, 0.1) is 35.5 Å². The number of carbonyl (C=O) groups is 12. The van der Waals surface area contributed by atoms with Crippen LogP contribution in [0.25, 0.3) is 0 Å². The average Bonchev–Trinajstić information content (AvgIpc) is 0.849. The number of esters is 1. The number of nitrogens with zero attached hydrogens (tertiary/aromatic N) is 2. The molecule has 0 radical (unpaired) electrons. The molecule has 27 nitrogen and oxygen atoms in total. The lowest BCUT2D eigenvalue weighted by Crippen LogP contribution is -2.64. The maximum Gasteiger partial charge on any atom is 0.408 e. The molecule has 0 unspecified atom stereocenters. The van der Waals surface area contributed by atoms with E-state index in [0.717, 1.165) is 0 Å². The van der Waals surface area contributed by atoms with Crippen molar-refractivity contribution in [1.29, 1.82) is 0 Å². The number of carbonyl (C=O) groups excluding carboxylic acids is 12. The standard InChI is InChI=1S/C71H117N13O14/c1-23-97-66(95)71(21,22)84-62(91)53(35-45(12)13)76-58(87)50(32-42(6)7)79-64(93)69(17,18)83-63(92)55(37-47-27-25-29-73-39-47)78-57(86)49(31-41(4)5)74-56(85)48(30-40(2)3)75-60(89)54(36-46-26-24-28-72-38-46)80-65(94)70(19,20)82-61(90)52(34-44(10)11)77-59(88)51(33-43(8)9)81-67(96)98-68(14,15)16/h24-29,38-45,48-55H,23,30-37H2,1-22H3,(H,74,85)(H,75,89)(H,76,87)(H,77,88)(H,78,86)(H,79,93)(H,80,94)(H,81,96)(H,82,90)(H,83,92)(H,84,91)/t48-,49-,50-,51-,52-,53-,54-,55-/m0/s1. The zero-order valence-corrected chi connectivity index (χ0v) is 62.2. The van der Waals surface area contributed by atoms with Crippen LogP contribution in [0.15, 0.2) is 49.1 Å². The first-order valence-electron chi connectivity index (χ1n) is 34.3. The van der Waals surface area contributed by atoms with Gasteiger partial charge in [-0.15, -0.1) is 0 Å². The normalized spacial score (nSPS) is 14.5. The van der Waals surface area contributed by atoms with E-state index in [1.54, 1.807) is 52.0 Å². The van der Waals surface area contributed by atoms with Gasteiger partial charge in [0.05, 0.1) is 6.61 Å². The molecule has 2 heterocycles. The summed E-state index contributed by atoms with van der Waals surface area (Å²) in [5.74, 6) is -8.87. The van der Waals surface area contributed by atoms with Crippen LogP contribution in [0.4, 0.5) is 4.79 Å². The minimum Gasteiger partial charge on any atom is -0.464 e. The SMILES string of the molecule is CCOC(=O)C(C)(C)NC(=O)[C@H](CC(C)C)NC(=O)[C@H](CC(C)C)NC(=O)C(C)(C)NC(=O)[C@H](Cc1cccnc1)NC(=O)[C@H](CC(C)C)NC(=O)[C@H](CC(C)C)NC(=O)[C@H](Cc1cccnc1)NC(=O)C(C)(C)NC(=O)[C@H](CC(C)C)NC(=O)[C@H](CC(C)C)NC(=O)OC(C)(C)C. The summed E-state index contributed by atoms with van der Waals surface area (Å²) in [4.78, 5) is 178. The highest BCUT2D eigenvalue weighted by atomic mass is 16.6. The summed E-state index contributed by atoms with van der Waals surface area (Å²) >= 11 is 0. The molecule has 0 saturated heterocycles. The average molecular weight is 1380 g/mol. The van der Waals surface area contributed by atoms with E-state index in [2.05, 4.69) is 68.5 Å². The van der Waals surface area contributed by atoms with Gasteiger partial charge >= 0.3 is 12.1 Å². The van der Waals surface area contributed by atoms with Gasteiger partial charge in [0.15, 0.2) is 0 Å². The molecular formula is C71H117N13O14. The predicted molar refractivity (Wildman–Crippen MR) is 373 cm³/mol. The van der Waals surface area contributed by atoms with E-state index < -0.39 is 142 Å². The van der Waals surface area contributed by atoms with Gasteiger partial charge in [-0.1, -0.05) is 95.2 Å². The Hall–Kier alpha value is -8.26. The van der Waals surface area contributed by atoms with Gasteiger partial charge in [0.2, 0.25) is 59.1 Å². The smallest absolute Gasteiger partial charge is 0.408 e. The van der Waals surface area contributed by atoms with E-state index in [1.807, 2.05) is 83.1 Å². The molecule has 11 N–H and O–H groups in total. The fourth-order valence-electron chi connectivity index (χ4n) is 10.3. The van der Waals surface area contributed by atoms with Crippen molar-refractivity contribution in [2.75, 3.05) is 6.61 Å². The fourth-order valence-corrected chi connectivity index (χ4v) is 10.3. The molecule has 2 aromatic rings. The molecular weight excluding hydrogens is 1260 g/mol. The van der Waals surface area contributed by atoms with E-state index in [1.165, 1.54) is 66.3 Å². The van der Waals surface area contributed by atoms with Crippen molar-refractivity contribution >= 4 is 71.1 Å². The van der Waals surface area contributed by atoms with Gasteiger partial charge in [-0.25, -0.2) is 9.59 Å². The number of aromatic nitrogens is 2. The highest BCUT2D eigenvalue weighted by Crippen LogP contribution is 2.19. The molecule has 0 bridgehead atoms. The Balaban J connectivity index is 2.51. The molecule has 0 saturated carbocycles. The molecule has 0 spiro atoms. The lowest BCUT2D eigenvalue weighted by Gasteiger charge is -2.32. The summed E-state index contributed by atoms with van der Waals surface area (Å²) < 4.78 is 10.6. The second-order valence-electron chi connectivity index (χ2n) is 30.5. The Bertz CT molecular complexity index is 2980. The lowest BCUT2D eigenvalue weighted by atomic mass is 9.97. The van der Waals surface area contributed by atoms with Gasteiger partial charge in [0, 0.05) is 37.6 Å². The van der Waals surface area contributed by atoms with Crippen molar-refractivity contribution in [1.82, 2.24) is 68.5 Å². The maximum atomic E-state index is 14.7. The van der Waals surface area contributed by atoms with Gasteiger partial charge in [0.1, 0.15) is 70.6 Å². The van der Waals surface area contributed by atoms with Gasteiger partial charge in [0.25, 0.3) is 0 Å².